The van der Waals surface area contributed by atoms with Gasteiger partial charge in [-0.05, 0) is 38.8 Å². The van der Waals surface area contributed by atoms with E-state index < -0.39 is 36.0 Å². The average molecular weight is 368 g/mol. The highest BCUT2D eigenvalue weighted by atomic mass is 16.4. The Hall–Kier alpha value is -2.28. The molecule has 0 aliphatic carbocycles. The first-order valence-corrected chi connectivity index (χ1v) is 7.34. The van der Waals surface area contributed by atoms with Gasteiger partial charge in [0.15, 0.2) is 0 Å². The molecule has 0 spiro atoms. The Labute approximate surface area is 144 Å². The topological polar surface area (TPSA) is 253 Å². The molecule has 12 N–H and O–H groups in total. The molecule has 12 nitrogen and oxygen atoms in total. The fourth-order valence-corrected chi connectivity index (χ4v) is 1.09. The number of rotatable bonds is 9. The zero-order valence-corrected chi connectivity index (χ0v) is 13.8. The molecular formula is C13H28N4O8. The van der Waals surface area contributed by atoms with Gasteiger partial charge in [0.1, 0.15) is 12.1 Å². The van der Waals surface area contributed by atoms with Crippen molar-refractivity contribution in [3.05, 3.63) is 0 Å². The first-order chi connectivity index (χ1) is 11.5. The third kappa shape index (κ3) is 24.1. The molecule has 0 rings (SSSR count). The van der Waals surface area contributed by atoms with Crippen LogP contribution in [0.2, 0.25) is 0 Å². The fraction of sp³-hybridized carbons (Fsp3) is 0.692. The summed E-state index contributed by atoms with van der Waals surface area (Å²) in [6.07, 6.45) is 3.30. The van der Waals surface area contributed by atoms with E-state index in [2.05, 4.69) is 0 Å². The van der Waals surface area contributed by atoms with E-state index in [4.69, 9.17) is 52.9 Å². The van der Waals surface area contributed by atoms with Crippen LogP contribution in [-0.4, -0.2) is 69.5 Å². The molecule has 0 aromatic rings. The van der Waals surface area contributed by atoms with Crippen LogP contribution in [0, 0.1) is 0 Å². The lowest BCUT2D eigenvalue weighted by molar-refractivity contribution is -0.159. The minimum absolute atomic E-state index is 0.464. The number of hydrogen-bond acceptors (Lipinski definition) is 8. The van der Waals surface area contributed by atoms with Crippen molar-refractivity contribution in [3.63, 3.8) is 0 Å². The highest BCUT2D eigenvalue weighted by molar-refractivity contribution is 6.27. The van der Waals surface area contributed by atoms with Crippen molar-refractivity contribution < 1.29 is 39.6 Å². The smallest absolute Gasteiger partial charge is 0.414 e. The van der Waals surface area contributed by atoms with Gasteiger partial charge in [-0.25, -0.2) is 9.59 Å². The van der Waals surface area contributed by atoms with Gasteiger partial charge in [-0.1, -0.05) is 6.42 Å². The van der Waals surface area contributed by atoms with Gasteiger partial charge in [0.2, 0.25) is 0 Å². The van der Waals surface area contributed by atoms with Crippen LogP contribution in [0.4, 0.5) is 0 Å². The fourth-order valence-electron chi connectivity index (χ4n) is 1.09. The molecule has 12 heteroatoms. The van der Waals surface area contributed by atoms with Crippen LogP contribution in [0.25, 0.3) is 0 Å². The summed E-state index contributed by atoms with van der Waals surface area (Å²) >= 11 is 0. The first-order valence-electron chi connectivity index (χ1n) is 7.34. The van der Waals surface area contributed by atoms with Gasteiger partial charge < -0.3 is 43.4 Å². The molecule has 0 saturated carbocycles. The summed E-state index contributed by atoms with van der Waals surface area (Å²) in [6.45, 7) is 1.10. The van der Waals surface area contributed by atoms with Crippen LogP contribution in [0.5, 0.6) is 0 Å². The van der Waals surface area contributed by atoms with Crippen molar-refractivity contribution in [2.24, 2.45) is 22.9 Å². The van der Waals surface area contributed by atoms with Gasteiger partial charge in [0.05, 0.1) is 0 Å². The summed E-state index contributed by atoms with van der Waals surface area (Å²) < 4.78 is 0. The number of carbonyl (C=O) groups is 4. The van der Waals surface area contributed by atoms with Gasteiger partial charge in [-0.2, -0.15) is 0 Å². The molecule has 0 saturated heterocycles. The molecule has 0 aliphatic rings. The van der Waals surface area contributed by atoms with Crippen LogP contribution < -0.4 is 22.9 Å². The quantitative estimate of drug-likeness (QED) is 0.160. The number of unbranched alkanes of at least 4 members (excludes halogenated alkanes) is 1. The van der Waals surface area contributed by atoms with E-state index in [0.29, 0.717) is 32.4 Å². The number of carboxylic acids is 4. The molecule has 0 bridgehead atoms. The summed E-state index contributed by atoms with van der Waals surface area (Å²) in [6, 6.07) is -1.46. The Balaban J connectivity index is -0.000000300. The summed E-state index contributed by atoms with van der Waals surface area (Å²) in [5.74, 6) is -5.54. The zero-order chi connectivity index (χ0) is 20.4. The number of aliphatic carboxylic acids is 4. The van der Waals surface area contributed by atoms with Crippen molar-refractivity contribution in [3.8, 4) is 0 Å². The van der Waals surface area contributed by atoms with Crippen LogP contribution in [-0.2, 0) is 19.2 Å². The third-order valence-corrected chi connectivity index (χ3v) is 2.51. The second kappa shape index (κ2) is 18.1. The predicted molar refractivity (Wildman–Crippen MR) is 87.7 cm³/mol. The van der Waals surface area contributed by atoms with Crippen molar-refractivity contribution in [2.75, 3.05) is 13.1 Å². The largest absolute Gasteiger partial charge is 0.480 e. The Kier molecular flexibility index (Phi) is 19.9. The van der Waals surface area contributed by atoms with Crippen molar-refractivity contribution >= 4 is 23.9 Å². The highest BCUT2D eigenvalue weighted by Gasteiger charge is 2.09. The van der Waals surface area contributed by atoms with E-state index in [1.54, 1.807) is 0 Å². The van der Waals surface area contributed by atoms with Crippen LogP contribution in [0.15, 0.2) is 0 Å². The molecule has 148 valence electrons. The lowest BCUT2D eigenvalue weighted by Crippen LogP contribution is -2.30. The Bertz CT molecular complexity index is 393. The molecule has 0 aromatic carbocycles. The molecule has 0 amide bonds. The van der Waals surface area contributed by atoms with E-state index >= 15 is 0 Å². The monoisotopic (exact) mass is 368 g/mol. The van der Waals surface area contributed by atoms with Crippen LogP contribution in [0.1, 0.15) is 32.1 Å². The maximum absolute atomic E-state index is 10.1. The minimum atomic E-state index is -1.82. The summed E-state index contributed by atoms with van der Waals surface area (Å²) in [5.41, 5.74) is 20.7. The lowest BCUT2D eigenvalue weighted by Gasteiger charge is -2.03. The highest BCUT2D eigenvalue weighted by Crippen LogP contribution is 1.97. The average Bonchev–Trinajstić information content (AvgIpc) is 2.53. The molecule has 25 heavy (non-hydrogen) atoms. The maximum atomic E-state index is 10.1. The Morgan fingerprint density at radius 3 is 1.20 bits per heavy atom. The molecule has 0 aromatic heterocycles. The maximum Gasteiger partial charge on any atom is 0.414 e. The number of hydrogen-bond donors (Lipinski definition) is 8. The van der Waals surface area contributed by atoms with E-state index in [0.717, 1.165) is 12.8 Å². The molecule has 1 unspecified atom stereocenters. The second-order valence-electron chi connectivity index (χ2n) is 4.72. The van der Waals surface area contributed by atoms with Crippen LogP contribution >= 0.6 is 0 Å². The molecule has 2 atom stereocenters. The van der Waals surface area contributed by atoms with Gasteiger partial charge >= 0.3 is 23.9 Å². The van der Waals surface area contributed by atoms with Crippen LogP contribution in [0.3, 0.4) is 0 Å². The summed E-state index contributed by atoms with van der Waals surface area (Å²) in [5, 5.41) is 31.4. The van der Waals surface area contributed by atoms with Gasteiger partial charge in [-0.3, -0.25) is 9.59 Å². The summed E-state index contributed by atoms with van der Waals surface area (Å²) in [4.78, 5) is 38.4. The third-order valence-electron chi connectivity index (χ3n) is 2.51. The molecular weight excluding hydrogens is 340 g/mol. The molecule has 0 heterocycles. The van der Waals surface area contributed by atoms with Gasteiger partial charge in [-0.15, -0.1) is 0 Å². The minimum Gasteiger partial charge on any atom is -0.480 e. The van der Waals surface area contributed by atoms with Gasteiger partial charge in [0.25, 0.3) is 0 Å². The standard InChI is InChI=1S/C6H14N2O2.C5H12N2O2.C2H2O4/c7-4-2-1-3-5(8)6(9)10;6-3-1-2-4(7)5(8)9;3-1(4)2(5)6/h5H,1-4,7-8H2,(H,9,10);4H,1-3,6-7H2,(H,8,9);(H,3,4)(H,5,6)/t5-;;/m0../s1. The molecule has 0 radical (unpaired) electrons. The predicted octanol–water partition coefficient (Wildman–Crippen LogP) is -2.18. The lowest BCUT2D eigenvalue weighted by atomic mass is 10.1. The van der Waals surface area contributed by atoms with Gasteiger partial charge in [0, 0.05) is 0 Å². The number of nitrogens with two attached hydrogens (primary N) is 4. The van der Waals surface area contributed by atoms with Crippen molar-refractivity contribution in [1.29, 1.82) is 0 Å². The zero-order valence-electron chi connectivity index (χ0n) is 13.8. The van der Waals surface area contributed by atoms with Crippen molar-refractivity contribution in [1.82, 2.24) is 0 Å². The molecule has 0 aliphatic heterocycles. The van der Waals surface area contributed by atoms with E-state index in [1.807, 2.05) is 0 Å². The first kappa shape index (κ1) is 27.6. The summed E-state index contributed by atoms with van der Waals surface area (Å²) in [7, 11) is 0. The van der Waals surface area contributed by atoms with E-state index in [9.17, 15) is 9.59 Å². The van der Waals surface area contributed by atoms with Crippen molar-refractivity contribution in [2.45, 2.75) is 44.2 Å². The Morgan fingerprint density at radius 2 is 0.960 bits per heavy atom. The second-order valence-corrected chi connectivity index (χ2v) is 4.72. The molecule has 0 fully saturated rings. The number of carboxylic acid groups (broad SMARTS) is 4. The SMILES string of the molecule is NCCCC(N)C(=O)O.NCCCC[C@H](N)C(=O)O.O=C(O)C(=O)O. The normalized spacial score (nSPS) is 11.7. The van der Waals surface area contributed by atoms with E-state index in [1.165, 1.54) is 0 Å². The Morgan fingerprint density at radius 1 is 0.640 bits per heavy atom. The van der Waals surface area contributed by atoms with E-state index in [-0.39, 0.29) is 0 Å².